The number of aromatic nitrogens is 2. The fourth-order valence-corrected chi connectivity index (χ4v) is 5.95. The van der Waals surface area contributed by atoms with Crippen molar-refractivity contribution in [2.24, 2.45) is 11.8 Å². The van der Waals surface area contributed by atoms with Gasteiger partial charge in [0.1, 0.15) is 16.9 Å². The van der Waals surface area contributed by atoms with Crippen molar-refractivity contribution in [1.82, 2.24) is 14.5 Å². The number of hydrogen-bond acceptors (Lipinski definition) is 3. The third kappa shape index (κ3) is 3.84. The van der Waals surface area contributed by atoms with Gasteiger partial charge in [-0.15, -0.1) is 0 Å². The Hall–Kier alpha value is -3.38. The normalized spacial score (nSPS) is 17.9. The van der Waals surface area contributed by atoms with Crippen LogP contribution < -0.4 is 0 Å². The first-order chi connectivity index (χ1) is 17.6. The van der Waals surface area contributed by atoms with Gasteiger partial charge in [-0.2, -0.15) is 0 Å². The molecule has 5 aromatic rings. The van der Waals surface area contributed by atoms with E-state index in [1.165, 1.54) is 0 Å². The first-order valence-electron chi connectivity index (χ1n) is 12.7. The van der Waals surface area contributed by atoms with Gasteiger partial charge in [0.2, 0.25) is 5.91 Å². The van der Waals surface area contributed by atoms with Gasteiger partial charge in [0, 0.05) is 41.0 Å². The summed E-state index contributed by atoms with van der Waals surface area (Å²) < 4.78 is 8.84. The van der Waals surface area contributed by atoms with Gasteiger partial charge in [-0.3, -0.25) is 4.79 Å². The second kappa shape index (κ2) is 8.63. The maximum Gasteiger partial charge on any atom is 0.225 e. The molecule has 1 atom stereocenters. The number of hydrogen-bond donors (Lipinski definition) is 0. The van der Waals surface area contributed by atoms with Gasteiger partial charge in [0.25, 0.3) is 0 Å². The number of furan rings is 1. The van der Waals surface area contributed by atoms with Crippen LogP contribution in [0.4, 0.5) is 0 Å². The van der Waals surface area contributed by atoms with Crippen LogP contribution in [0.2, 0.25) is 0 Å². The standard InChI is InChI=1S/C30H26BrN3O2/c31-25-2-1-3-26-28(25)32-29(34(26)18-19-12-14-33(17-19)30(35)22-8-9-22)21-6-4-20(5-7-21)23-10-11-27-24(16-23)13-15-36-27/h1-7,10-11,13,15-16,19,22H,8-9,12,14,17-18H2/t19-/m1/s1. The molecule has 5 nitrogen and oxygen atoms in total. The molecule has 180 valence electrons. The predicted molar refractivity (Wildman–Crippen MR) is 145 cm³/mol. The highest BCUT2D eigenvalue weighted by molar-refractivity contribution is 9.10. The van der Waals surface area contributed by atoms with Crippen molar-refractivity contribution in [3.05, 3.63) is 77.5 Å². The van der Waals surface area contributed by atoms with Crippen molar-refractivity contribution < 1.29 is 9.21 Å². The Morgan fingerprint density at radius 3 is 2.61 bits per heavy atom. The number of carbonyl (C=O) groups is 1. The Bertz CT molecular complexity index is 1600. The molecule has 0 N–H and O–H groups in total. The van der Waals surface area contributed by atoms with Crippen LogP contribution in [0.1, 0.15) is 19.3 Å². The second-order valence-electron chi connectivity index (χ2n) is 10.1. The Balaban J connectivity index is 1.22. The van der Waals surface area contributed by atoms with Crippen molar-refractivity contribution in [2.75, 3.05) is 13.1 Å². The summed E-state index contributed by atoms with van der Waals surface area (Å²) in [7, 11) is 0. The fourth-order valence-electron chi connectivity index (χ4n) is 5.50. The van der Waals surface area contributed by atoms with E-state index in [1.807, 2.05) is 18.2 Å². The van der Waals surface area contributed by atoms with Crippen molar-refractivity contribution in [3.63, 3.8) is 0 Å². The highest BCUT2D eigenvalue weighted by Crippen LogP contribution is 2.35. The van der Waals surface area contributed by atoms with Gasteiger partial charge in [0.05, 0.1) is 11.8 Å². The van der Waals surface area contributed by atoms with E-state index in [0.29, 0.717) is 11.8 Å². The molecule has 0 radical (unpaired) electrons. The van der Waals surface area contributed by atoms with Crippen LogP contribution in [0.25, 0.3) is 44.5 Å². The summed E-state index contributed by atoms with van der Waals surface area (Å²) >= 11 is 3.70. The van der Waals surface area contributed by atoms with Crippen LogP contribution in [0.15, 0.2) is 81.9 Å². The average molecular weight is 540 g/mol. The van der Waals surface area contributed by atoms with Crippen LogP contribution in [-0.2, 0) is 11.3 Å². The zero-order valence-corrected chi connectivity index (χ0v) is 21.4. The molecule has 1 saturated carbocycles. The molecule has 3 heterocycles. The highest BCUT2D eigenvalue weighted by Gasteiger charge is 2.36. The number of carbonyl (C=O) groups excluding carboxylic acids is 1. The van der Waals surface area contributed by atoms with Crippen molar-refractivity contribution in [2.45, 2.75) is 25.8 Å². The monoisotopic (exact) mass is 539 g/mol. The number of halogens is 1. The zero-order chi connectivity index (χ0) is 24.2. The Labute approximate surface area is 217 Å². The Kier molecular flexibility index (Phi) is 5.24. The molecule has 3 aromatic carbocycles. The predicted octanol–water partition coefficient (Wildman–Crippen LogP) is 7.14. The summed E-state index contributed by atoms with van der Waals surface area (Å²) in [6.07, 6.45) is 4.90. The molecule has 0 bridgehead atoms. The number of para-hydroxylation sites is 1. The number of rotatable bonds is 5. The van der Waals surface area contributed by atoms with Crippen molar-refractivity contribution in [3.8, 4) is 22.5 Å². The summed E-state index contributed by atoms with van der Waals surface area (Å²) in [4.78, 5) is 19.8. The minimum Gasteiger partial charge on any atom is -0.464 e. The SMILES string of the molecule is O=C(C1CC1)N1CC[C@@H](Cn2c(-c3ccc(-c4ccc5occc5c4)cc3)nc3c(Br)cccc32)C1. The molecular weight excluding hydrogens is 514 g/mol. The van der Waals surface area contributed by atoms with Crippen molar-refractivity contribution >= 4 is 43.8 Å². The van der Waals surface area contributed by atoms with E-state index in [1.54, 1.807) is 6.26 Å². The molecule has 0 spiro atoms. The largest absolute Gasteiger partial charge is 0.464 e. The summed E-state index contributed by atoms with van der Waals surface area (Å²) in [5.74, 6) is 2.06. The molecule has 2 fully saturated rings. The minimum absolute atomic E-state index is 0.289. The van der Waals surface area contributed by atoms with Crippen LogP contribution in [0.3, 0.4) is 0 Å². The van der Waals surface area contributed by atoms with Gasteiger partial charge in [0.15, 0.2) is 0 Å². The third-order valence-electron chi connectivity index (χ3n) is 7.62. The van der Waals surface area contributed by atoms with E-state index in [2.05, 4.69) is 73.9 Å². The molecule has 1 amide bonds. The van der Waals surface area contributed by atoms with E-state index in [4.69, 9.17) is 9.40 Å². The number of amides is 1. The van der Waals surface area contributed by atoms with Crippen molar-refractivity contribution in [1.29, 1.82) is 0 Å². The first kappa shape index (κ1) is 21.9. The van der Waals surface area contributed by atoms with Crippen LogP contribution in [0, 0.1) is 11.8 Å². The molecule has 1 aliphatic heterocycles. The lowest BCUT2D eigenvalue weighted by atomic mass is 10.0. The minimum atomic E-state index is 0.289. The molecule has 2 aromatic heterocycles. The lowest BCUT2D eigenvalue weighted by Gasteiger charge is -2.18. The smallest absolute Gasteiger partial charge is 0.225 e. The summed E-state index contributed by atoms with van der Waals surface area (Å²) in [6, 6.07) is 23.2. The third-order valence-corrected chi connectivity index (χ3v) is 8.26. The van der Waals surface area contributed by atoms with Gasteiger partial charge in [-0.05, 0) is 82.6 Å². The van der Waals surface area contributed by atoms with Gasteiger partial charge >= 0.3 is 0 Å². The topological polar surface area (TPSA) is 51.3 Å². The van der Waals surface area contributed by atoms with Gasteiger partial charge in [-0.1, -0.05) is 36.4 Å². The number of fused-ring (bicyclic) bond motifs is 2. The zero-order valence-electron chi connectivity index (χ0n) is 19.9. The molecule has 7 rings (SSSR count). The summed E-state index contributed by atoms with van der Waals surface area (Å²) in [6.45, 7) is 2.58. The van der Waals surface area contributed by atoms with Gasteiger partial charge < -0.3 is 13.9 Å². The van der Waals surface area contributed by atoms with E-state index in [-0.39, 0.29) is 5.92 Å². The molecule has 0 unspecified atom stereocenters. The molecule has 6 heteroatoms. The molecule has 1 saturated heterocycles. The number of imidazole rings is 1. The van der Waals surface area contributed by atoms with E-state index < -0.39 is 0 Å². The first-order valence-corrected chi connectivity index (χ1v) is 13.4. The van der Waals surface area contributed by atoms with Crippen LogP contribution in [0.5, 0.6) is 0 Å². The summed E-state index contributed by atoms with van der Waals surface area (Å²) in [5.41, 5.74) is 6.43. The lowest BCUT2D eigenvalue weighted by molar-refractivity contribution is -0.131. The van der Waals surface area contributed by atoms with E-state index >= 15 is 0 Å². The quantitative estimate of drug-likeness (QED) is 0.238. The number of nitrogens with zero attached hydrogens (tertiary/aromatic N) is 3. The van der Waals surface area contributed by atoms with Crippen LogP contribution in [-0.4, -0.2) is 33.4 Å². The van der Waals surface area contributed by atoms with E-state index in [0.717, 1.165) is 87.9 Å². The molecule has 2 aliphatic rings. The summed E-state index contributed by atoms with van der Waals surface area (Å²) in [5, 5.41) is 1.11. The number of benzene rings is 3. The maximum atomic E-state index is 12.6. The average Bonchev–Trinajstić information content (AvgIpc) is 3.30. The molecular formula is C30H26BrN3O2. The maximum absolute atomic E-state index is 12.6. The Morgan fingerprint density at radius 2 is 1.78 bits per heavy atom. The van der Waals surface area contributed by atoms with E-state index in [9.17, 15) is 4.79 Å². The fraction of sp³-hybridized carbons (Fsp3) is 0.267. The molecule has 1 aliphatic carbocycles. The Morgan fingerprint density at radius 1 is 0.972 bits per heavy atom. The number of likely N-dealkylation sites (tertiary alicyclic amines) is 1. The second-order valence-corrected chi connectivity index (χ2v) is 11.0. The molecule has 36 heavy (non-hydrogen) atoms. The highest BCUT2D eigenvalue weighted by atomic mass is 79.9. The van der Waals surface area contributed by atoms with Crippen LogP contribution >= 0.6 is 15.9 Å². The lowest BCUT2D eigenvalue weighted by Crippen LogP contribution is -2.30. The van der Waals surface area contributed by atoms with Gasteiger partial charge in [-0.25, -0.2) is 4.98 Å².